The third-order valence-corrected chi connectivity index (χ3v) is 2.49. The molecule has 2 heterocycles. The van der Waals surface area contributed by atoms with E-state index in [0.29, 0.717) is 4.57 Å². The van der Waals surface area contributed by atoms with Gasteiger partial charge in [0.15, 0.2) is 0 Å². The first-order valence-electron chi connectivity index (χ1n) is 4.93. The van der Waals surface area contributed by atoms with Crippen LogP contribution in [0.25, 0.3) is 0 Å². The van der Waals surface area contributed by atoms with Crippen LogP contribution in [0.2, 0.25) is 0 Å². The first kappa shape index (κ1) is 14.8. The Kier molecular flexibility index (Phi) is 4.25. The fraction of sp³-hybridized carbons (Fsp3) is 0.556. The number of alkyl halides is 2. The highest BCUT2D eigenvalue weighted by Gasteiger charge is 2.51. The molecule has 1 aromatic heterocycles. The number of aliphatic hydroxyl groups excluding tert-OH is 1. The Bertz CT molecular complexity index is 482. The van der Waals surface area contributed by atoms with Gasteiger partial charge in [-0.25, -0.2) is 13.6 Å². The fourth-order valence-electron chi connectivity index (χ4n) is 1.72. The van der Waals surface area contributed by atoms with Crippen molar-refractivity contribution >= 4 is 18.2 Å². The summed E-state index contributed by atoms with van der Waals surface area (Å²) in [4.78, 5) is 14.7. The van der Waals surface area contributed by atoms with Gasteiger partial charge in [-0.15, -0.1) is 12.4 Å². The van der Waals surface area contributed by atoms with E-state index in [1.807, 2.05) is 0 Å². The fourth-order valence-corrected chi connectivity index (χ4v) is 1.72. The molecule has 3 N–H and O–H groups in total. The number of nitrogen functional groups attached to an aromatic ring is 1. The van der Waals surface area contributed by atoms with Crippen LogP contribution < -0.4 is 11.4 Å². The summed E-state index contributed by atoms with van der Waals surface area (Å²) in [5.41, 5.74) is 4.35. The van der Waals surface area contributed by atoms with E-state index in [1.165, 1.54) is 6.07 Å². The van der Waals surface area contributed by atoms with Crippen molar-refractivity contribution < 1.29 is 18.6 Å². The molecule has 102 valence electrons. The molecule has 18 heavy (non-hydrogen) atoms. The predicted molar refractivity (Wildman–Crippen MR) is 60.7 cm³/mol. The Labute approximate surface area is 107 Å². The van der Waals surface area contributed by atoms with E-state index in [-0.39, 0.29) is 18.2 Å². The van der Waals surface area contributed by atoms with Crippen LogP contribution in [0.4, 0.5) is 14.6 Å². The van der Waals surface area contributed by atoms with Gasteiger partial charge in [-0.05, 0) is 6.07 Å². The van der Waals surface area contributed by atoms with Gasteiger partial charge in [-0.2, -0.15) is 4.98 Å². The summed E-state index contributed by atoms with van der Waals surface area (Å²) < 4.78 is 32.7. The maximum absolute atomic E-state index is 13.6. The summed E-state index contributed by atoms with van der Waals surface area (Å²) in [6, 6.07) is 1.23. The van der Waals surface area contributed by atoms with Crippen LogP contribution in [-0.2, 0) is 4.74 Å². The molecule has 0 spiro atoms. The summed E-state index contributed by atoms with van der Waals surface area (Å²) >= 11 is 0. The van der Waals surface area contributed by atoms with Crippen molar-refractivity contribution in [1.82, 2.24) is 9.55 Å². The molecule has 1 aromatic rings. The number of rotatable bonds is 2. The molecule has 6 nitrogen and oxygen atoms in total. The van der Waals surface area contributed by atoms with E-state index in [0.717, 1.165) is 6.20 Å². The molecule has 1 aliphatic heterocycles. The lowest BCUT2D eigenvalue weighted by atomic mass is 10.2. The first-order valence-corrected chi connectivity index (χ1v) is 4.93. The molecule has 0 aromatic carbocycles. The second-order valence-electron chi connectivity index (χ2n) is 3.80. The number of hydrogen-bond donors (Lipinski definition) is 2. The molecule has 0 saturated carbocycles. The standard InChI is InChI=1S/C9H11F2N3O3.ClH/c10-9(11)3-5(4-15)17-7(9)14-2-1-6(12)13-8(14)16;/h1-2,5,7,15H,3-4H2,(H2,12,13,16);1H/t5-,7+;/m0./s1. The molecule has 2 rings (SSSR count). The minimum atomic E-state index is -3.23. The zero-order chi connectivity index (χ0) is 12.6. The van der Waals surface area contributed by atoms with Crippen molar-refractivity contribution in [3.8, 4) is 0 Å². The SMILES string of the molecule is Cl.Nc1ccn([C@@H]2O[C@H](CO)CC2(F)F)c(=O)n1. The van der Waals surface area contributed by atoms with Gasteiger partial charge < -0.3 is 15.6 Å². The molecular weight excluding hydrogens is 272 g/mol. The maximum atomic E-state index is 13.6. The molecule has 0 aliphatic carbocycles. The van der Waals surface area contributed by atoms with Crippen LogP contribution in [0.5, 0.6) is 0 Å². The topological polar surface area (TPSA) is 90.4 Å². The van der Waals surface area contributed by atoms with E-state index in [1.54, 1.807) is 0 Å². The highest BCUT2D eigenvalue weighted by atomic mass is 35.5. The summed E-state index contributed by atoms with van der Waals surface area (Å²) in [7, 11) is 0. The average Bonchev–Trinajstić information content (AvgIpc) is 2.54. The van der Waals surface area contributed by atoms with E-state index in [4.69, 9.17) is 15.6 Å². The average molecular weight is 284 g/mol. The summed E-state index contributed by atoms with van der Waals surface area (Å²) in [5, 5.41) is 8.80. The molecule has 0 amide bonds. The van der Waals surface area contributed by atoms with Crippen molar-refractivity contribution in [2.45, 2.75) is 24.7 Å². The van der Waals surface area contributed by atoms with E-state index in [2.05, 4.69) is 4.98 Å². The van der Waals surface area contributed by atoms with Gasteiger partial charge in [0.05, 0.1) is 12.7 Å². The number of halogens is 3. The number of ether oxygens (including phenoxy) is 1. The lowest BCUT2D eigenvalue weighted by Crippen LogP contribution is -2.35. The van der Waals surface area contributed by atoms with Gasteiger partial charge in [0, 0.05) is 12.6 Å². The predicted octanol–water partition coefficient (Wildman–Crippen LogP) is 0.162. The summed E-state index contributed by atoms with van der Waals surface area (Å²) in [6.07, 6.45) is -2.27. The number of nitrogens with two attached hydrogens (primary N) is 1. The van der Waals surface area contributed by atoms with Crippen LogP contribution in [0.1, 0.15) is 12.6 Å². The van der Waals surface area contributed by atoms with Crippen molar-refractivity contribution in [3.05, 3.63) is 22.7 Å². The summed E-state index contributed by atoms with van der Waals surface area (Å²) in [6.45, 7) is -0.525. The second-order valence-corrected chi connectivity index (χ2v) is 3.80. The Morgan fingerprint density at radius 2 is 2.33 bits per heavy atom. The quantitative estimate of drug-likeness (QED) is 0.807. The highest BCUT2D eigenvalue weighted by Crippen LogP contribution is 2.41. The molecule has 1 fully saturated rings. The van der Waals surface area contributed by atoms with E-state index < -0.39 is 37.0 Å². The zero-order valence-electron chi connectivity index (χ0n) is 9.12. The van der Waals surface area contributed by atoms with Crippen molar-refractivity contribution in [2.24, 2.45) is 0 Å². The Morgan fingerprint density at radius 3 is 2.83 bits per heavy atom. The smallest absolute Gasteiger partial charge is 0.351 e. The monoisotopic (exact) mass is 283 g/mol. The Hall–Kier alpha value is -1.25. The minimum Gasteiger partial charge on any atom is -0.394 e. The van der Waals surface area contributed by atoms with Gasteiger partial charge in [0.25, 0.3) is 5.92 Å². The van der Waals surface area contributed by atoms with Gasteiger partial charge in [0.2, 0.25) is 6.23 Å². The molecule has 9 heteroatoms. The number of aliphatic hydroxyl groups is 1. The van der Waals surface area contributed by atoms with E-state index >= 15 is 0 Å². The molecule has 1 saturated heterocycles. The van der Waals surface area contributed by atoms with E-state index in [9.17, 15) is 13.6 Å². The van der Waals surface area contributed by atoms with Gasteiger partial charge in [-0.1, -0.05) is 0 Å². The molecule has 2 atom stereocenters. The number of hydrogen-bond acceptors (Lipinski definition) is 5. The van der Waals surface area contributed by atoms with Crippen LogP contribution in [0.3, 0.4) is 0 Å². The Morgan fingerprint density at radius 1 is 1.67 bits per heavy atom. The van der Waals surface area contributed by atoms with Crippen molar-refractivity contribution in [2.75, 3.05) is 12.3 Å². The largest absolute Gasteiger partial charge is 0.394 e. The molecule has 0 bridgehead atoms. The van der Waals surface area contributed by atoms with Crippen LogP contribution in [0.15, 0.2) is 17.1 Å². The van der Waals surface area contributed by atoms with Crippen molar-refractivity contribution in [3.63, 3.8) is 0 Å². The first-order chi connectivity index (χ1) is 7.94. The zero-order valence-corrected chi connectivity index (χ0v) is 9.94. The maximum Gasteiger partial charge on any atom is 0.351 e. The summed E-state index contributed by atoms with van der Waals surface area (Å²) in [5.74, 6) is -3.28. The van der Waals surface area contributed by atoms with Gasteiger partial charge in [-0.3, -0.25) is 4.57 Å². The second kappa shape index (κ2) is 5.17. The number of anilines is 1. The van der Waals surface area contributed by atoms with Gasteiger partial charge >= 0.3 is 5.69 Å². The molecule has 1 aliphatic rings. The lowest BCUT2D eigenvalue weighted by molar-refractivity contribution is -0.120. The van der Waals surface area contributed by atoms with Gasteiger partial charge in [0.1, 0.15) is 5.82 Å². The number of aromatic nitrogens is 2. The minimum absolute atomic E-state index is 0. The lowest BCUT2D eigenvalue weighted by Gasteiger charge is -2.19. The number of nitrogens with zero attached hydrogens (tertiary/aromatic N) is 2. The highest BCUT2D eigenvalue weighted by molar-refractivity contribution is 5.85. The van der Waals surface area contributed by atoms with Crippen LogP contribution in [0, 0.1) is 0 Å². The third kappa shape index (κ3) is 2.60. The van der Waals surface area contributed by atoms with Crippen LogP contribution in [-0.4, -0.2) is 33.3 Å². The molecular formula is C9H12ClF2N3O3. The van der Waals surface area contributed by atoms with Crippen molar-refractivity contribution in [1.29, 1.82) is 0 Å². The normalized spacial score (nSPS) is 25.7. The molecule has 0 unspecified atom stereocenters. The third-order valence-electron chi connectivity index (χ3n) is 2.49. The Balaban J connectivity index is 0.00000162. The molecule has 0 radical (unpaired) electrons. The van der Waals surface area contributed by atoms with Crippen LogP contribution >= 0.6 is 12.4 Å².